The van der Waals surface area contributed by atoms with Gasteiger partial charge in [-0.1, -0.05) is 27.7 Å². The Kier molecular flexibility index (Phi) is 7.15. The van der Waals surface area contributed by atoms with Crippen LogP contribution in [-0.2, 0) is 9.47 Å². The molecule has 2 atom stereocenters. The van der Waals surface area contributed by atoms with Gasteiger partial charge in [0.2, 0.25) is 0 Å². The van der Waals surface area contributed by atoms with Crippen molar-refractivity contribution in [3.8, 4) is 0 Å². The van der Waals surface area contributed by atoms with Crippen LogP contribution in [-0.4, -0.2) is 62.5 Å². The maximum absolute atomic E-state index is 11.9. The highest BCUT2D eigenvalue weighted by Gasteiger charge is 2.42. The van der Waals surface area contributed by atoms with Gasteiger partial charge < -0.3 is 20.1 Å². The average Bonchev–Trinajstić information content (AvgIpc) is 3.33. The van der Waals surface area contributed by atoms with Gasteiger partial charge in [0.25, 0.3) is 0 Å². The van der Waals surface area contributed by atoms with Gasteiger partial charge in [0.05, 0.1) is 6.61 Å². The fourth-order valence-electron chi connectivity index (χ4n) is 4.17. The summed E-state index contributed by atoms with van der Waals surface area (Å²) < 4.78 is 10.4. The lowest BCUT2D eigenvalue weighted by Crippen LogP contribution is -2.50. The van der Waals surface area contributed by atoms with Crippen LogP contribution in [0.5, 0.6) is 0 Å². The molecule has 1 saturated carbocycles. The third kappa shape index (κ3) is 7.40. The lowest BCUT2D eigenvalue weighted by molar-refractivity contribution is 0.0622. The highest BCUT2D eigenvalue weighted by atomic mass is 16.6. The van der Waals surface area contributed by atoms with Crippen molar-refractivity contribution in [3.05, 3.63) is 0 Å². The standard InChI is InChI=1S/C19H35N3O4/c1-5-9-25-17(24)21-15-11-18(2,3)13-19(4,12-15)14-20-16(23)26-10-8-22-6-7-22/h15H,5-14H2,1-4H3,(H,20,23)(H,21,24). The Morgan fingerprint density at radius 2 is 1.77 bits per heavy atom. The molecule has 2 fully saturated rings. The number of carbonyl (C=O) groups is 2. The van der Waals surface area contributed by atoms with Crippen molar-refractivity contribution in [1.29, 1.82) is 0 Å². The number of ether oxygens (including phenoxy) is 2. The first kappa shape index (κ1) is 20.8. The van der Waals surface area contributed by atoms with E-state index in [1.165, 1.54) is 0 Å². The predicted molar refractivity (Wildman–Crippen MR) is 100 cm³/mol. The predicted octanol–water partition coefficient (Wildman–Crippen LogP) is 2.75. The molecule has 0 spiro atoms. The molecule has 0 radical (unpaired) electrons. The number of alkyl carbamates (subject to hydrolysis) is 2. The molecular formula is C19H35N3O4. The molecule has 2 unspecified atom stereocenters. The monoisotopic (exact) mass is 369 g/mol. The second-order valence-corrected chi connectivity index (χ2v) is 8.87. The fraction of sp³-hybridized carbons (Fsp3) is 0.895. The van der Waals surface area contributed by atoms with Crippen LogP contribution >= 0.6 is 0 Å². The number of hydrogen-bond acceptors (Lipinski definition) is 5. The van der Waals surface area contributed by atoms with E-state index in [4.69, 9.17) is 9.47 Å². The van der Waals surface area contributed by atoms with Crippen molar-refractivity contribution in [3.63, 3.8) is 0 Å². The number of nitrogens with one attached hydrogen (secondary N) is 2. The Bertz CT molecular complexity index is 493. The zero-order chi connectivity index (χ0) is 19.2. The summed E-state index contributed by atoms with van der Waals surface area (Å²) in [6.07, 6.45) is 2.81. The minimum Gasteiger partial charge on any atom is -0.450 e. The molecule has 150 valence electrons. The molecule has 0 aromatic heterocycles. The van der Waals surface area contributed by atoms with Gasteiger partial charge in [-0.25, -0.2) is 9.59 Å². The highest BCUT2D eigenvalue weighted by molar-refractivity contribution is 5.68. The first-order valence-corrected chi connectivity index (χ1v) is 9.78. The minimum absolute atomic E-state index is 0.0496. The Morgan fingerprint density at radius 1 is 1.08 bits per heavy atom. The Labute approximate surface area is 157 Å². The van der Waals surface area contributed by atoms with Crippen molar-refractivity contribution in [2.45, 2.75) is 59.4 Å². The van der Waals surface area contributed by atoms with Crippen molar-refractivity contribution >= 4 is 12.2 Å². The van der Waals surface area contributed by atoms with E-state index in [-0.39, 0.29) is 29.1 Å². The van der Waals surface area contributed by atoms with E-state index < -0.39 is 0 Å². The van der Waals surface area contributed by atoms with Crippen molar-refractivity contribution in [2.24, 2.45) is 10.8 Å². The summed E-state index contributed by atoms with van der Waals surface area (Å²) in [6, 6.07) is 0.0496. The van der Waals surface area contributed by atoms with Crippen molar-refractivity contribution in [2.75, 3.05) is 39.4 Å². The summed E-state index contributed by atoms with van der Waals surface area (Å²) in [7, 11) is 0. The molecule has 7 heteroatoms. The van der Waals surface area contributed by atoms with Gasteiger partial charge in [-0.05, 0) is 36.5 Å². The SMILES string of the molecule is CCCOC(=O)NC1CC(C)(C)CC(C)(CNC(=O)OCCN2CC2)C1. The molecule has 2 rings (SSSR count). The van der Waals surface area contributed by atoms with E-state index in [1.807, 2.05) is 6.92 Å². The van der Waals surface area contributed by atoms with Crippen molar-refractivity contribution < 1.29 is 19.1 Å². The van der Waals surface area contributed by atoms with Crippen LogP contribution in [0.2, 0.25) is 0 Å². The van der Waals surface area contributed by atoms with Gasteiger partial charge in [-0.15, -0.1) is 0 Å². The highest BCUT2D eigenvalue weighted by Crippen LogP contribution is 2.45. The molecule has 1 saturated heterocycles. The third-order valence-electron chi connectivity index (χ3n) is 5.04. The average molecular weight is 370 g/mol. The van der Waals surface area contributed by atoms with E-state index in [2.05, 4.69) is 36.3 Å². The lowest BCUT2D eigenvalue weighted by Gasteiger charge is -2.46. The van der Waals surface area contributed by atoms with Gasteiger partial charge in [-0.3, -0.25) is 4.90 Å². The molecule has 0 bridgehead atoms. The van der Waals surface area contributed by atoms with Crippen LogP contribution in [0.15, 0.2) is 0 Å². The molecule has 7 nitrogen and oxygen atoms in total. The van der Waals surface area contributed by atoms with Crippen LogP contribution in [0.3, 0.4) is 0 Å². The molecule has 1 aliphatic heterocycles. The molecule has 2 aliphatic rings. The Morgan fingerprint density at radius 3 is 2.42 bits per heavy atom. The first-order chi connectivity index (χ1) is 12.2. The summed E-state index contributed by atoms with van der Waals surface area (Å²) in [5.74, 6) is 0. The van der Waals surface area contributed by atoms with Crippen LogP contribution in [0.1, 0.15) is 53.4 Å². The summed E-state index contributed by atoms with van der Waals surface area (Å²) >= 11 is 0. The van der Waals surface area contributed by atoms with Crippen LogP contribution in [0, 0.1) is 10.8 Å². The normalized spacial score (nSPS) is 27.5. The number of rotatable bonds is 8. The molecular weight excluding hydrogens is 334 g/mol. The lowest BCUT2D eigenvalue weighted by atomic mass is 9.62. The quantitative estimate of drug-likeness (QED) is 0.643. The second-order valence-electron chi connectivity index (χ2n) is 8.87. The maximum Gasteiger partial charge on any atom is 0.407 e. The largest absolute Gasteiger partial charge is 0.450 e. The fourth-order valence-corrected chi connectivity index (χ4v) is 4.17. The summed E-state index contributed by atoms with van der Waals surface area (Å²) in [5.41, 5.74) is -0.00991. The second kappa shape index (κ2) is 8.93. The molecule has 1 aliphatic carbocycles. The topological polar surface area (TPSA) is 79.7 Å². The zero-order valence-electron chi connectivity index (χ0n) is 16.7. The van der Waals surface area contributed by atoms with E-state index in [0.29, 0.717) is 19.8 Å². The number of nitrogens with zero attached hydrogens (tertiary/aromatic N) is 1. The Balaban J connectivity index is 1.80. The van der Waals surface area contributed by atoms with Gasteiger partial charge in [0, 0.05) is 32.2 Å². The summed E-state index contributed by atoms with van der Waals surface area (Å²) in [4.78, 5) is 26.1. The maximum atomic E-state index is 11.9. The van der Waals surface area contributed by atoms with Crippen LogP contribution < -0.4 is 10.6 Å². The zero-order valence-corrected chi connectivity index (χ0v) is 16.7. The minimum atomic E-state index is -0.358. The van der Waals surface area contributed by atoms with Gasteiger partial charge in [0.1, 0.15) is 6.61 Å². The van der Waals surface area contributed by atoms with E-state index >= 15 is 0 Å². The van der Waals surface area contributed by atoms with Gasteiger partial charge in [-0.2, -0.15) is 0 Å². The van der Waals surface area contributed by atoms with Crippen LogP contribution in [0.4, 0.5) is 9.59 Å². The molecule has 0 aromatic rings. The Hall–Kier alpha value is -1.50. The molecule has 2 N–H and O–H groups in total. The van der Waals surface area contributed by atoms with Gasteiger partial charge in [0.15, 0.2) is 0 Å². The van der Waals surface area contributed by atoms with E-state index in [0.717, 1.165) is 45.3 Å². The third-order valence-corrected chi connectivity index (χ3v) is 5.04. The first-order valence-electron chi connectivity index (χ1n) is 9.78. The van der Waals surface area contributed by atoms with Gasteiger partial charge >= 0.3 is 12.2 Å². The number of hydrogen-bond donors (Lipinski definition) is 2. The number of amides is 2. The summed E-state index contributed by atoms with van der Waals surface area (Å²) in [6.45, 7) is 13.0. The van der Waals surface area contributed by atoms with Crippen molar-refractivity contribution in [1.82, 2.24) is 15.5 Å². The molecule has 26 heavy (non-hydrogen) atoms. The van der Waals surface area contributed by atoms with E-state index in [1.54, 1.807) is 0 Å². The number of carbonyl (C=O) groups excluding carboxylic acids is 2. The van der Waals surface area contributed by atoms with Crippen LogP contribution in [0.25, 0.3) is 0 Å². The molecule has 1 heterocycles. The molecule has 2 amide bonds. The summed E-state index contributed by atoms with van der Waals surface area (Å²) in [5, 5.41) is 5.90. The smallest absolute Gasteiger partial charge is 0.407 e. The van der Waals surface area contributed by atoms with E-state index in [9.17, 15) is 9.59 Å². The molecule has 0 aromatic carbocycles.